The number of unbranched alkanes of at least 4 members (excludes halogenated alkanes) is 1. The predicted octanol–water partition coefficient (Wildman–Crippen LogP) is 4.11. The Morgan fingerprint density at radius 1 is 1.13 bits per heavy atom. The van der Waals surface area contributed by atoms with E-state index in [1.54, 1.807) is 39.4 Å². The molecule has 2 rings (SSSR count). The summed E-state index contributed by atoms with van der Waals surface area (Å²) in [7, 11) is 4.67. The second-order valence-corrected chi connectivity index (χ2v) is 7.74. The second kappa shape index (κ2) is 9.74. The zero-order valence-corrected chi connectivity index (χ0v) is 19.0. The Bertz CT molecular complexity index is 941. The highest BCUT2D eigenvalue weighted by Crippen LogP contribution is 2.24. The molecule has 0 bridgehead atoms. The minimum Gasteiger partial charge on any atom is -0.464 e. The topological polar surface area (TPSA) is 68.6 Å². The minimum absolute atomic E-state index is 0.203. The molecule has 1 heterocycles. The van der Waals surface area contributed by atoms with Crippen molar-refractivity contribution in [3.05, 3.63) is 57.9 Å². The fourth-order valence-corrected chi connectivity index (χ4v) is 3.69. The van der Waals surface area contributed by atoms with Crippen molar-refractivity contribution in [1.29, 1.82) is 0 Å². The summed E-state index contributed by atoms with van der Waals surface area (Å²) in [4.78, 5) is 39.8. The van der Waals surface area contributed by atoms with E-state index in [0.29, 0.717) is 28.1 Å². The summed E-state index contributed by atoms with van der Waals surface area (Å²) >= 11 is 0. The van der Waals surface area contributed by atoms with E-state index in [1.807, 2.05) is 24.3 Å². The Hall–Kier alpha value is -2.89. The average Bonchev–Trinajstić information content (AvgIpc) is 2.98. The molecule has 1 atom stereocenters. The number of hydrogen-bond donors (Lipinski definition) is 0. The molecular formula is C24H32N2O4. The highest BCUT2D eigenvalue weighted by atomic mass is 16.5. The Kier molecular flexibility index (Phi) is 7.59. The third-order valence-electron chi connectivity index (χ3n) is 5.86. The monoisotopic (exact) mass is 412 g/mol. The van der Waals surface area contributed by atoms with Crippen LogP contribution in [0.5, 0.6) is 0 Å². The van der Waals surface area contributed by atoms with Crippen LogP contribution in [-0.4, -0.2) is 47.3 Å². The maximum atomic E-state index is 13.3. The number of carbonyl (C=O) groups is 3. The molecule has 0 fully saturated rings. The summed E-state index contributed by atoms with van der Waals surface area (Å²) in [5.41, 5.74) is 3.80. The van der Waals surface area contributed by atoms with Gasteiger partial charge in [0, 0.05) is 30.9 Å². The van der Waals surface area contributed by atoms with Crippen LogP contribution in [0.3, 0.4) is 0 Å². The van der Waals surface area contributed by atoms with Crippen molar-refractivity contribution in [1.82, 2.24) is 9.47 Å². The van der Waals surface area contributed by atoms with Crippen LogP contribution in [0, 0.1) is 13.8 Å². The van der Waals surface area contributed by atoms with E-state index in [1.165, 1.54) is 17.6 Å². The summed E-state index contributed by atoms with van der Waals surface area (Å²) < 4.78 is 6.51. The molecule has 30 heavy (non-hydrogen) atoms. The van der Waals surface area contributed by atoms with Gasteiger partial charge in [-0.05, 0) is 56.9 Å². The zero-order valence-electron chi connectivity index (χ0n) is 19.0. The molecule has 1 amide bonds. The van der Waals surface area contributed by atoms with Crippen molar-refractivity contribution >= 4 is 17.7 Å². The van der Waals surface area contributed by atoms with Crippen LogP contribution >= 0.6 is 0 Å². The SMILES string of the molecule is CCCCc1ccc(C(=O)N(C)[C@H](C)C(=O)c2c(C)c(C(=O)OC)n(C)c2C)cc1. The molecule has 6 nitrogen and oxygen atoms in total. The van der Waals surface area contributed by atoms with E-state index in [2.05, 4.69) is 6.92 Å². The molecule has 0 radical (unpaired) electrons. The lowest BCUT2D eigenvalue weighted by molar-refractivity contribution is 0.0588. The number of benzene rings is 1. The van der Waals surface area contributed by atoms with E-state index in [4.69, 9.17) is 4.74 Å². The number of esters is 1. The second-order valence-electron chi connectivity index (χ2n) is 7.74. The first kappa shape index (κ1) is 23.4. The van der Waals surface area contributed by atoms with Gasteiger partial charge in [0.2, 0.25) is 0 Å². The van der Waals surface area contributed by atoms with Gasteiger partial charge in [0.05, 0.1) is 13.2 Å². The number of ether oxygens (including phenoxy) is 1. The van der Waals surface area contributed by atoms with Crippen molar-refractivity contribution in [3.63, 3.8) is 0 Å². The standard InChI is InChI=1S/C24H32N2O4/c1-8-9-10-18-11-13-19(14-12-18)23(28)26(6)17(4)22(27)20-15(2)21(24(29)30-7)25(5)16(20)3/h11-14,17H,8-10H2,1-7H3/t17-/m1/s1. The van der Waals surface area contributed by atoms with E-state index < -0.39 is 12.0 Å². The molecule has 0 aliphatic carbocycles. The third kappa shape index (κ3) is 4.48. The van der Waals surface area contributed by atoms with Crippen molar-refractivity contribution in [2.75, 3.05) is 14.2 Å². The van der Waals surface area contributed by atoms with Gasteiger partial charge in [0.1, 0.15) is 5.69 Å². The van der Waals surface area contributed by atoms with Crippen molar-refractivity contribution < 1.29 is 19.1 Å². The molecule has 162 valence electrons. The van der Waals surface area contributed by atoms with E-state index in [-0.39, 0.29) is 11.7 Å². The highest BCUT2D eigenvalue weighted by molar-refractivity contribution is 6.07. The Labute approximate surface area is 178 Å². The van der Waals surface area contributed by atoms with Crippen LogP contribution in [-0.2, 0) is 18.2 Å². The lowest BCUT2D eigenvalue weighted by atomic mass is 9.99. The van der Waals surface area contributed by atoms with Gasteiger partial charge in [-0.1, -0.05) is 25.5 Å². The van der Waals surface area contributed by atoms with Crippen LogP contribution in [0.2, 0.25) is 0 Å². The van der Waals surface area contributed by atoms with E-state index in [0.717, 1.165) is 19.3 Å². The minimum atomic E-state index is -0.678. The number of Topliss-reactive ketones (excluding diaryl/α,β-unsaturated/α-hetero) is 1. The Morgan fingerprint density at radius 2 is 1.73 bits per heavy atom. The van der Waals surface area contributed by atoms with Gasteiger partial charge in [-0.15, -0.1) is 0 Å². The van der Waals surface area contributed by atoms with Gasteiger partial charge in [0.25, 0.3) is 5.91 Å². The summed E-state index contributed by atoms with van der Waals surface area (Å²) in [5, 5.41) is 0. The Morgan fingerprint density at radius 3 is 2.27 bits per heavy atom. The number of methoxy groups -OCH3 is 1. The molecule has 1 aromatic heterocycles. The van der Waals surface area contributed by atoms with Crippen molar-refractivity contribution in [3.8, 4) is 0 Å². The lowest BCUT2D eigenvalue weighted by Crippen LogP contribution is -2.40. The number of nitrogens with zero attached hydrogens (tertiary/aromatic N) is 2. The molecule has 6 heteroatoms. The fourth-order valence-electron chi connectivity index (χ4n) is 3.69. The molecule has 1 aromatic carbocycles. The molecular weight excluding hydrogens is 380 g/mol. The van der Waals surface area contributed by atoms with Crippen LogP contribution in [0.15, 0.2) is 24.3 Å². The molecule has 0 spiro atoms. The molecule has 0 N–H and O–H groups in total. The van der Waals surface area contributed by atoms with Crippen molar-refractivity contribution in [2.45, 2.75) is 53.0 Å². The summed E-state index contributed by atoms with van der Waals surface area (Å²) in [5.74, 6) is -0.902. The first-order valence-corrected chi connectivity index (χ1v) is 10.3. The van der Waals surface area contributed by atoms with Crippen LogP contribution < -0.4 is 0 Å². The number of hydrogen-bond acceptors (Lipinski definition) is 4. The maximum absolute atomic E-state index is 13.3. The van der Waals surface area contributed by atoms with Crippen LogP contribution in [0.25, 0.3) is 0 Å². The smallest absolute Gasteiger partial charge is 0.354 e. The van der Waals surface area contributed by atoms with Gasteiger partial charge in [-0.3, -0.25) is 9.59 Å². The number of carbonyl (C=O) groups excluding carboxylic acids is 3. The number of aryl methyl sites for hydroxylation is 1. The Balaban J connectivity index is 2.25. The third-order valence-corrected chi connectivity index (χ3v) is 5.86. The van der Waals surface area contributed by atoms with Gasteiger partial charge >= 0.3 is 5.97 Å². The van der Waals surface area contributed by atoms with E-state index in [9.17, 15) is 14.4 Å². The average molecular weight is 413 g/mol. The summed E-state index contributed by atoms with van der Waals surface area (Å²) in [6.45, 7) is 7.38. The predicted molar refractivity (Wildman–Crippen MR) is 117 cm³/mol. The van der Waals surface area contributed by atoms with Crippen molar-refractivity contribution in [2.24, 2.45) is 7.05 Å². The fraction of sp³-hybridized carbons (Fsp3) is 0.458. The molecule has 0 aliphatic rings. The largest absolute Gasteiger partial charge is 0.464 e. The number of amides is 1. The normalized spacial score (nSPS) is 11.8. The van der Waals surface area contributed by atoms with E-state index >= 15 is 0 Å². The van der Waals surface area contributed by atoms with Gasteiger partial charge < -0.3 is 14.2 Å². The van der Waals surface area contributed by atoms with Crippen LogP contribution in [0.4, 0.5) is 0 Å². The highest BCUT2D eigenvalue weighted by Gasteiger charge is 2.31. The quantitative estimate of drug-likeness (QED) is 0.483. The van der Waals surface area contributed by atoms with Crippen LogP contribution in [0.1, 0.15) is 74.7 Å². The molecule has 0 unspecified atom stereocenters. The summed E-state index contributed by atoms with van der Waals surface area (Å²) in [6.07, 6.45) is 3.23. The number of aromatic nitrogens is 1. The van der Waals surface area contributed by atoms with Gasteiger partial charge in [-0.25, -0.2) is 4.79 Å². The molecule has 0 aliphatic heterocycles. The lowest BCUT2D eigenvalue weighted by Gasteiger charge is -2.24. The van der Waals surface area contributed by atoms with Gasteiger partial charge in [-0.2, -0.15) is 0 Å². The molecule has 0 saturated carbocycles. The summed E-state index contributed by atoms with van der Waals surface area (Å²) in [6, 6.07) is 6.89. The van der Waals surface area contributed by atoms with Gasteiger partial charge in [0.15, 0.2) is 5.78 Å². The number of likely N-dealkylation sites (N-methyl/N-ethyl adjacent to an activating group) is 1. The zero-order chi connectivity index (χ0) is 22.6. The number of ketones is 1. The first-order chi connectivity index (χ1) is 14.1. The molecule has 0 saturated heterocycles. The number of rotatable bonds is 8. The first-order valence-electron chi connectivity index (χ1n) is 10.3. The molecule has 2 aromatic rings. The maximum Gasteiger partial charge on any atom is 0.354 e.